The second-order valence-corrected chi connectivity index (χ2v) is 14.8. The lowest BCUT2D eigenvalue weighted by Gasteiger charge is -2.37. The zero-order valence-corrected chi connectivity index (χ0v) is 30.0. The quantitative estimate of drug-likeness (QED) is 0.0754. The van der Waals surface area contributed by atoms with Gasteiger partial charge in [-0.2, -0.15) is 4.98 Å². The van der Waals surface area contributed by atoms with E-state index in [-0.39, 0.29) is 36.1 Å². The van der Waals surface area contributed by atoms with Gasteiger partial charge in [0.15, 0.2) is 18.2 Å². The number of phosphoric ester groups is 1. The number of aliphatic hydroxyl groups excluding tert-OH is 5. The molecule has 3 aliphatic rings. The van der Waals surface area contributed by atoms with E-state index in [0.29, 0.717) is 23.7 Å². The Balaban J connectivity index is 1.10. The van der Waals surface area contributed by atoms with E-state index in [2.05, 4.69) is 29.2 Å². The van der Waals surface area contributed by atoms with Crippen LogP contribution in [0.25, 0.3) is 0 Å². The molecular weight excluding hydrogens is 743 g/mol. The van der Waals surface area contributed by atoms with E-state index >= 15 is 0 Å². The van der Waals surface area contributed by atoms with Gasteiger partial charge in [0.1, 0.15) is 36.2 Å². The Bertz CT molecular complexity index is 1750. The van der Waals surface area contributed by atoms with Crippen LogP contribution in [0.5, 0.6) is 0 Å². The monoisotopic (exact) mass is 788 g/mol. The molecule has 3 aliphatic heterocycles. The van der Waals surface area contributed by atoms with Gasteiger partial charge in [-0.05, 0) is 38.0 Å². The third-order valence-electron chi connectivity index (χ3n) is 9.54. The SMILES string of the molecule is C[C@@H]1Nc2nc(N)[nH]c(=O)c2N2CN(c3ccc(CC(O)C(O)C(O)CO[C@H]4O[C@H](COP(=O)(O)OC(CCC(=O)O)C(=O)O)[C@@H](O)[C@H]4O)cc3)[C@H](C)[C@@H]12. The third kappa shape index (κ3) is 9.29. The van der Waals surface area contributed by atoms with E-state index in [1.165, 1.54) is 0 Å². The smallest absolute Gasteiger partial charge is 0.473 e. The van der Waals surface area contributed by atoms with Gasteiger partial charge in [-0.15, -0.1) is 0 Å². The Kier molecular flexibility index (Phi) is 12.9. The first kappa shape index (κ1) is 41.2. The molecule has 2 fully saturated rings. The number of nitrogens with zero attached hydrogens (tertiary/aromatic N) is 3. The average Bonchev–Trinajstić information content (AvgIpc) is 3.58. The van der Waals surface area contributed by atoms with E-state index in [1.807, 2.05) is 30.9 Å². The minimum Gasteiger partial charge on any atom is -0.481 e. The highest BCUT2D eigenvalue weighted by atomic mass is 31.2. The Morgan fingerprint density at radius 2 is 1.78 bits per heavy atom. The molecule has 0 saturated carbocycles. The Morgan fingerprint density at radius 3 is 2.43 bits per heavy atom. The molecule has 0 spiro atoms. The van der Waals surface area contributed by atoms with Crippen molar-refractivity contribution >= 4 is 42.9 Å². The summed E-state index contributed by atoms with van der Waals surface area (Å²) in [6.07, 6.45) is -14.9. The molecular formula is C31H45N6O16P. The van der Waals surface area contributed by atoms with Crippen LogP contribution in [0.1, 0.15) is 32.3 Å². The number of carbonyl (C=O) groups is 2. The molecule has 12 N–H and O–H groups in total. The highest BCUT2D eigenvalue weighted by Crippen LogP contribution is 2.46. The van der Waals surface area contributed by atoms with Crippen molar-refractivity contribution in [2.75, 3.05) is 40.7 Å². The van der Waals surface area contributed by atoms with Gasteiger partial charge in [0, 0.05) is 24.6 Å². The normalized spacial score (nSPS) is 28.3. The fourth-order valence-corrected chi connectivity index (χ4v) is 7.68. The van der Waals surface area contributed by atoms with E-state index < -0.39 is 94.8 Å². The number of aromatic nitrogens is 2. The first-order chi connectivity index (χ1) is 25.4. The number of nitrogens with two attached hydrogens (primary N) is 1. The topological polar surface area (TPSA) is 340 Å². The molecule has 12 atom stereocenters. The summed E-state index contributed by atoms with van der Waals surface area (Å²) < 4.78 is 32.1. The first-order valence-electron chi connectivity index (χ1n) is 16.9. The first-order valence-corrected chi connectivity index (χ1v) is 18.4. The number of phosphoric acid groups is 1. The van der Waals surface area contributed by atoms with Gasteiger partial charge < -0.3 is 71.0 Å². The highest BCUT2D eigenvalue weighted by molar-refractivity contribution is 7.47. The number of aromatic amines is 1. The van der Waals surface area contributed by atoms with Crippen LogP contribution in [0.3, 0.4) is 0 Å². The zero-order valence-electron chi connectivity index (χ0n) is 29.1. The van der Waals surface area contributed by atoms with Crippen LogP contribution in [0, 0.1) is 0 Å². The van der Waals surface area contributed by atoms with Gasteiger partial charge in [-0.1, -0.05) is 12.1 Å². The zero-order chi connectivity index (χ0) is 39.6. The largest absolute Gasteiger partial charge is 0.481 e. The average molecular weight is 789 g/mol. The van der Waals surface area contributed by atoms with Crippen LogP contribution in [0.15, 0.2) is 29.1 Å². The van der Waals surface area contributed by atoms with Crippen LogP contribution in [-0.2, 0) is 39.1 Å². The summed E-state index contributed by atoms with van der Waals surface area (Å²) >= 11 is 0. The lowest BCUT2D eigenvalue weighted by Crippen LogP contribution is -2.52. The number of nitrogens with one attached hydrogen (secondary N) is 2. The van der Waals surface area contributed by atoms with Crippen molar-refractivity contribution in [3.05, 3.63) is 40.2 Å². The number of nitrogen functional groups attached to an aromatic ring is 1. The van der Waals surface area contributed by atoms with Gasteiger partial charge in [0.05, 0.1) is 38.1 Å². The molecule has 22 nitrogen and oxygen atoms in total. The minimum atomic E-state index is -5.11. The van der Waals surface area contributed by atoms with Gasteiger partial charge in [0.25, 0.3) is 5.56 Å². The van der Waals surface area contributed by atoms with Crippen molar-refractivity contribution in [3.8, 4) is 0 Å². The number of ether oxygens (including phenoxy) is 2. The molecule has 0 radical (unpaired) electrons. The Morgan fingerprint density at radius 1 is 1.09 bits per heavy atom. The van der Waals surface area contributed by atoms with Crippen LogP contribution in [-0.4, -0.2) is 150 Å². The summed E-state index contributed by atoms with van der Waals surface area (Å²) in [4.78, 5) is 55.6. The molecule has 1 aromatic carbocycles. The molecule has 54 heavy (non-hydrogen) atoms. The molecule has 0 amide bonds. The van der Waals surface area contributed by atoms with Crippen molar-refractivity contribution in [2.24, 2.45) is 0 Å². The number of rotatable bonds is 17. The second kappa shape index (κ2) is 16.8. The molecule has 23 heteroatoms. The van der Waals surface area contributed by atoms with E-state index in [9.17, 15) is 49.4 Å². The predicted octanol–water partition coefficient (Wildman–Crippen LogP) is -2.25. The third-order valence-corrected chi connectivity index (χ3v) is 10.5. The van der Waals surface area contributed by atoms with Crippen molar-refractivity contribution < 1.29 is 73.3 Å². The van der Waals surface area contributed by atoms with E-state index in [4.69, 9.17) is 25.4 Å². The van der Waals surface area contributed by atoms with Crippen molar-refractivity contribution in [1.82, 2.24) is 9.97 Å². The molecule has 2 saturated heterocycles. The van der Waals surface area contributed by atoms with Gasteiger partial charge in [-0.25, -0.2) is 9.36 Å². The predicted molar refractivity (Wildman–Crippen MR) is 185 cm³/mol. The minimum absolute atomic E-state index is 0.0155. The maximum absolute atomic E-state index is 12.8. The van der Waals surface area contributed by atoms with Crippen molar-refractivity contribution in [3.63, 3.8) is 0 Å². The molecule has 0 bridgehead atoms. The number of fused-ring (bicyclic) bond motifs is 3. The maximum atomic E-state index is 12.8. The fourth-order valence-electron chi connectivity index (χ4n) is 6.77. The molecule has 300 valence electrons. The number of aliphatic hydroxyl groups is 5. The van der Waals surface area contributed by atoms with Gasteiger partial charge in [0.2, 0.25) is 5.95 Å². The van der Waals surface area contributed by atoms with Gasteiger partial charge >= 0.3 is 19.8 Å². The van der Waals surface area contributed by atoms with E-state index in [0.717, 1.165) is 5.69 Å². The van der Waals surface area contributed by atoms with Crippen LogP contribution in [0.4, 0.5) is 23.1 Å². The number of H-pyrrole nitrogens is 1. The molecule has 2 aromatic rings. The standard InChI is InChI=1S/C31H45N6O16P/c1-13-22-14(2)36(12-37(22)23-27(33-13)34-31(32)35-28(23)45)16-5-3-15(4-6-16)9-17(38)24(42)18(39)10-50-30-26(44)25(43)20(52-30)11-51-54(48,49)53-19(29(46)47)7-8-21(40)41/h3-6,13-14,17-20,22,24-26,30,38-39,42-44H,7-12H2,1-2H3,(H,40,41)(H,46,47)(H,48,49)(H4,32,33,34,35,45)/t13-,14+,17?,18?,19?,20+,22+,24?,25+,26+,30-/m0/s1. The summed E-state index contributed by atoms with van der Waals surface area (Å²) in [5.74, 6) is -2.65. The van der Waals surface area contributed by atoms with Crippen molar-refractivity contribution in [2.45, 2.75) is 100 Å². The molecule has 5 unspecified atom stereocenters. The fraction of sp³-hybridized carbons (Fsp3) is 0.613. The summed E-state index contributed by atoms with van der Waals surface area (Å²) in [6, 6.07) is 7.06. The molecule has 5 rings (SSSR count). The summed E-state index contributed by atoms with van der Waals surface area (Å²) in [5, 5.41) is 73.6. The maximum Gasteiger partial charge on any atom is 0.473 e. The number of aliphatic carboxylic acids is 2. The molecule has 4 heterocycles. The summed E-state index contributed by atoms with van der Waals surface area (Å²) in [7, 11) is -5.11. The Hall–Kier alpha value is -3.93. The number of carboxylic acids is 2. The highest BCUT2D eigenvalue weighted by Gasteiger charge is 2.47. The van der Waals surface area contributed by atoms with Crippen LogP contribution in [0.2, 0.25) is 0 Å². The lowest BCUT2D eigenvalue weighted by molar-refractivity contribution is -0.192. The molecule has 0 aliphatic carbocycles. The number of hydrogen-bond donors (Lipinski definition) is 11. The summed E-state index contributed by atoms with van der Waals surface area (Å²) in [6.45, 7) is 2.86. The van der Waals surface area contributed by atoms with Gasteiger partial charge in [-0.3, -0.25) is 23.6 Å². The van der Waals surface area contributed by atoms with E-state index in [1.54, 1.807) is 12.1 Å². The van der Waals surface area contributed by atoms with Crippen LogP contribution >= 0.6 is 7.82 Å². The summed E-state index contributed by atoms with van der Waals surface area (Å²) in [5.41, 5.74) is 7.27. The Labute approximate surface area is 307 Å². The van der Waals surface area contributed by atoms with Crippen molar-refractivity contribution in [1.29, 1.82) is 0 Å². The lowest BCUT2D eigenvalue weighted by atomic mass is 9.98. The number of anilines is 4. The number of carboxylic acid groups (broad SMARTS) is 2. The van der Waals surface area contributed by atoms with Crippen LogP contribution < -0.4 is 26.4 Å². The number of benzene rings is 1. The second-order valence-electron chi connectivity index (χ2n) is 13.4. The number of hydrogen-bond acceptors (Lipinski definition) is 18. The molecule has 1 aromatic heterocycles.